The first-order valence-corrected chi connectivity index (χ1v) is 6.59. The fourth-order valence-electron chi connectivity index (χ4n) is 2.61. The number of amidine groups is 1. The molecule has 1 aromatic carbocycles. The molecule has 1 unspecified atom stereocenters. The van der Waals surface area contributed by atoms with Crippen LogP contribution in [-0.2, 0) is 6.18 Å². The fourth-order valence-corrected chi connectivity index (χ4v) is 2.61. The highest BCUT2D eigenvalue weighted by molar-refractivity contribution is 6.00. The predicted octanol–water partition coefficient (Wildman–Crippen LogP) is 3.23. The first-order valence-electron chi connectivity index (χ1n) is 6.59. The van der Waals surface area contributed by atoms with Gasteiger partial charge in [-0.2, -0.15) is 13.2 Å². The molecule has 20 heavy (non-hydrogen) atoms. The van der Waals surface area contributed by atoms with E-state index in [0.29, 0.717) is 11.6 Å². The Kier molecular flexibility index (Phi) is 3.92. The van der Waals surface area contributed by atoms with Crippen LogP contribution < -0.4 is 10.6 Å². The number of nitrogen functional groups attached to an aromatic ring is 1. The van der Waals surface area contributed by atoms with Crippen molar-refractivity contribution in [1.82, 2.24) is 0 Å². The summed E-state index contributed by atoms with van der Waals surface area (Å²) < 4.78 is 38.2. The number of rotatable bonds is 2. The Labute approximate surface area is 116 Å². The van der Waals surface area contributed by atoms with Gasteiger partial charge in [-0.3, -0.25) is 5.41 Å². The van der Waals surface area contributed by atoms with Gasteiger partial charge >= 0.3 is 6.18 Å². The first kappa shape index (κ1) is 14.7. The number of piperidine rings is 1. The van der Waals surface area contributed by atoms with Gasteiger partial charge in [0.25, 0.3) is 0 Å². The third kappa shape index (κ3) is 3.05. The van der Waals surface area contributed by atoms with E-state index in [1.165, 1.54) is 6.07 Å². The molecule has 110 valence electrons. The van der Waals surface area contributed by atoms with E-state index in [1.807, 2.05) is 4.90 Å². The van der Waals surface area contributed by atoms with Crippen LogP contribution in [-0.4, -0.2) is 18.9 Å². The number of alkyl halides is 3. The maximum Gasteiger partial charge on any atom is 0.416 e. The Morgan fingerprint density at radius 3 is 2.65 bits per heavy atom. The number of hydrogen-bond donors (Lipinski definition) is 2. The van der Waals surface area contributed by atoms with Gasteiger partial charge in [0.1, 0.15) is 5.84 Å². The number of benzene rings is 1. The van der Waals surface area contributed by atoms with Crippen LogP contribution in [0.3, 0.4) is 0 Å². The molecule has 1 fully saturated rings. The SMILES string of the molecule is CC1CCCN(c2ccc(C(F)(F)F)cc2C(=N)N)C1. The van der Waals surface area contributed by atoms with E-state index in [2.05, 4.69) is 6.92 Å². The smallest absolute Gasteiger partial charge is 0.384 e. The zero-order valence-electron chi connectivity index (χ0n) is 11.3. The first-order chi connectivity index (χ1) is 9.29. The van der Waals surface area contributed by atoms with Gasteiger partial charge in [0.2, 0.25) is 0 Å². The molecule has 0 saturated carbocycles. The summed E-state index contributed by atoms with van der Waals surface area (Å²) in [5.41, 5.74) is 5.47. The molecule has 1 aromatic rings. The van der Waals surface area contributed by atoms with Crippen LogP contribution in [0, 0.1) is 11.3 Å². The summed E-state index contributed by atoms with van der Waals surface area (Å²) in [5.74, 6) is 0.162. The lowest BCUT2D eigenvalue weighted by molar-refractivity contribution is -0.137. The molecular weight excluding hydrogens is 267 g/mol. The topological polar surface area (TPSA) is 53.1 Å². The van der Waals surface area contributed by atoms with E-state index < -0.39 is 11.7 Å². The molecule has 0 aromatic heterocycles. The second-order valence-corrected chi connectivity index (χ2v) is 5.34. The van der Waals surface area contributed by atoms with Gasteiger partial charge in [0.05, 0.1) is 5.56 Å². The van der Waals surface area contributed by atoms with Crippen molar-refractivity contribution < 1.29 is 13.2 Å². The Bertz CT molecular complexity index is 511. The maximum atomic E-state index is 12.7. The van der Waals surface area contributed by atoms with Crippen molar-refractivity contribution in [3.8, 4) is 0 Å². The van der Waals surface area contributed by atoms with E-state index in [4.69, 9.17) is 11.1 Å². The van der Waals surface area contributed by atoms with Crippen molar-refractivity contribution in [2.24, 2.45) is 11.7 Å². The molecular formula is C14H18F3N3. The lowest BCUT2D eigenvalue weighted by Gasteiger charge is -2.34. The number of nitrogens with one attached hydrogen (secondary N) is 1. The van der Waals surface area contributed by atoms with E-state index in [9.17, 15) is 13.2 Å². The highest BCUT2D eigenvalue weighted by atomic mass is 19.4. The minimum absolute atomic E-state index is 0.161. The van der Waals surface area contributed by atoms with E-state index >= 15 is 0 Å². The van der Waals surface area contributed by atoms with Crippen LogP contribution in [0.5, 0.6) is 0 Å². The molecule has 3 N–H and O–H groups in total. The standard InChI is InChI=1S/C14H18F3N3/c1-9-3-2-6-20(8-9)12-5-4-10(14(15,16)17)7-11(12)13(18)19/h4-5,7,9H,2-3,6,8H2,1H3,(H3,18,19). The third-order valence-electron chi connectivity index (χ3n) is 3.61. The number of nitrogens with two attached hydrogens (primary N) is 1. The Morgan fingerprint density at radius 2 is 2.10 bits per heavy atom. The van der Waals surface area contributed by atoms with Crippen LogP contribution in [0.25, 0.3) is 0 Å². The quantitative estimate of drug-likeness (QED) is 0.647. The van der Waals surface area contributed by atoms with Crippen molar-refractivity contribution >= 4 is 11.5 Å². The largest absolute Gasteiger partial charge is 0.416 e. The summed E-state index contributed by atoms with van der Waals surface area (Å²) >= 11 is 0. The average molecular weight is 285 g/mol. The Balaban J connectivity index is 2.40. The van der Waals surface area contributed by atoms with Crippen molar-refractivity contribution in [1.29, 1.82) is 5.41 Å². The van der Waals surface area contributed by atoms with Gasteiger partial charge in [-0.1, -0.05) is 6.92 Å². The fraction of sp³-hybridized carbons (Fsp3) is 0.500. The minimum Gasteiger partial charge on any atom is -0.384 e. The lowest BCUT2D eigenvalue weighted by Crippen LogP contribution is -2.35. The van der Waals surface area contributed by atoms with Crippen molar-refractivity contribution in [2.75, 3.05) is 18.0 Å². The van der Waals surface area contributed by atoms with Crippen LogP contribution >= 0.6 is 0 Å². The molecule has 0 spiro atoms. The molecule has 0 bridgehead atoms. The van der Waals surface area contributed by atoms with Gasteiger partial charge in [-0.05, 0) is 37.0 Å². The van der Waals surface area contributed by atoms with Gasteiger partial charge in [-0.15, -0.1) is 0 Å². The summed E-state index contributed by atoms with van der Waals surface area (Å²) in [5, 5.41) is 7.53. The zero-order valence-corrected chi connectivity index (χ0v) is 11.3. The summed E-state index contributed by atoms with van der Waals surface area (Å²) in [6.07, 6.45) is -2.30. The van der Waals surface area contributed by atoms with Crippen LogP contribution in [0.15, 0.2) is 18.2 Å². The summed E-state index contributed by atoms with van der Waals surface area (Å²) in [7, 11) is 0. The summed E-state index contributed by atoms with van der Waals surface area (Å²) in [6.45, 7) is 3.69. The molecule has 0 radical (unpaired) electrons. The van der Waals surface area contributed by atoms with Crippen molar-refractivity contribution in [2.45, 2.75) is 25.9 Å². The second-order valence-electron chi connectivity index (χ2n) is 5.34. The van der Waals surface area contributed by atoms with Crippen LogP contribution in [0.4, 0.5) is 18.9 Å². The summed E-state index contributed by atoms with van der Waals surface area (Å²) in [6, 6.07) is 3.45. The molecule has 2 rings (SSSR count). The van der Waals surface area contributed by atoms with E-state index in [0.717, 1.165) is 38.1 Å². The second kappa shape index (κ2) is 5.34. The lowest BCUT2D eigenvalue weighted by atomic mass is 9.98. The molecule has 1 saturated heterocycles. The number of nitrogens with zero attached hydrogens (tertiary/aromatic N) is 1. The average Bonchev–Trinajstić information content (AvgIpc) is 2.37. The Hall–Kier alpha value is -1.72. The molecule has 6 heteroatoms. The monoisotopic (exact) mass is 285 g/mol. The third-order valence-corrected chi connectivity index (χ3v) is 3.61. The molecule has 1 aliphatic heterocycles. The highest BCUT2D eigenvalue weighted by Gasteiger charge is 2.32. The normalized spacial score (nSPS) is 20.0. The molecule has 3 nitrogen and oxygen atoms in total. The summed E-state index contributed by atoms with van der Waals surface area (Å²) in [4.78, 5) is 2.02. The number of anilines is 1. The number of halogens is 3. The van der Waals surface area contributed by atoms with Gasteiger partial charge in [0.15, 0.2) is 0 Å². The van der Waals surface area contributed by atoms with Crippen molar-refractivity contribution in [3.63, 3.8) is 0 Å². The molecule has 1 atom stereocenters. The van der Waals surface area contributed by atoms with E-state index in [1.54, 1.807) is 0 Å². The highest BCUT2D eigenvalue weighted by Crippen LogP contribution is 2.34. The zero-order chi connectivity index (χ0) is 14.9. The molecule has 0 amide bonds. The number of hydrogen-bond acceptors (Lipinski definition) is 2. The minimum atomic E-state index is -4.42. The predicted molar refractivity (Wildman–Crippen MR) is 73.1 cm³/mol. The molecule has 1 aliphatic rings. The maximum absolute atomic E-state index is 12.7. The molecule has 1 heterocycles. The van der Waals surface area contributed by atoms with Crippen LogP contribution in [0.1, 0.15) is 30.9 Å². The van der Waals surface area contributed by atoms with Gasteiger partial charge in [0, 0.05) is 24.3 Å². The Morgan fingerprint density at radius 1 is 1.40 bits per heavy atom. The van der Waals surface area contributed by atoms with E-state index in [-0.39, 0.29) is 11.4 Å². The molecule has 0 aliphatic carbocycles. The van der Waals surface area contributed by atoms with Crippen molar-refractivity contribution in [3.05, 3.63) is 29.3 Å². The van der Waals surface area contributed by atoms with Crippen LogP contribution in [0.2, 0.25) is 0 Å². The van der Waals surface area contributed by atoms with Gasteiger partial charge < -0.3 is 10.6 Å². The van der Waals surface area contributed by atoms with Gasteiger partial charge in [-0.25, -0.2) is 0 Å².